The summed E-state index contributed by atoms with van der Waals surface area (Å²) in [6.45, 7) is 0.447. The van der Waals surface area contributed by atoms with Gasteiger partial charge in [-0.15, -0.1) is 0 Å². The van der Waals surface area contributed by atoms with Crippen LogP contribution in [0.25, 0.3) is 0 Å². The van der Waals surface area contributed by atoms with E-state index in [9.17, 15) is 14.7 Å². The van der Waals surface area contributed by atoms with Crippen LogP contribution in [0.4, 0.5) is 0 Å². The van der Waals surface area contributed by atoms with Crippen LogP contribution in [-0.2, 0) is 4.79 Å². The Morgan fingerprint density at radius 1 is 1.32 bits per heavy atom. The molecule has 1 aromatic heterocycles. The zero-order valence-corrected chi connectivity index (χ0v) is 12.6. The van der Waals surface area contributed by atoms with Crippen molar-refractivity contribution in [2.24, 2.45) is 5.73 Å². The van der Waals surface area contributed by atoms with Crippen LogP contribution < -0.4 is 5.73 Å². The number of carbonyl (C=O) groups excluding carboxylic acids is 2. The third-order valence-electron chi connectivity index (χ3n) is 4.74. The molecule has 0 aromatic carbocycles. The lowest BCUT2D eigenvalue weighted by Gasteiger charge is -2.36. The first-order valence-electron chi connectivity index (χ1n) is 7.86. The van der Waals surface area contributed by atoms with Gasteiger partial charge in [0.2, 0.25) is 0 Å². The molecule has 1 atom stereocenters. The van der Waals surface area contributed by atoms with Crippen molar-refractivity contribution in [1.29, 1.82) is 0 Å². The normalized spacial score (nSPS) is 26.3. The topological polar surface area (TPSA) is 101 Å². The van der Waals surface area contributed by atoms with Gasteiger partial charge >= 0.3 is 0 Å². The highest BCUT2D eigenvalue weighted by molar-refractivity contribution is 5.93. The van der Waals surface area contributed by atoms with Crippen LogP contribution in [0.15, 0.2) is 12.3 Å². The number of rotatable bonds is 3. The molecule has 7 nitrogen and oxygen atoms in total. The Bertz CT molecular complexity index is 579. The number of nitrogens with zero attached hydrogens (tertiary/aromatic N) is 3. The Balaban J connectivity index is 1.72. The van der Waals surface area contributed by atoms with Crippen LogP contribution in [0.1, 0.15) is 55.1 Å². The third-order valence-corrected chi connectivity index (χ3v) is 4.74. The van der Waals surface area contributed by atoms with Crippen molar-refractivity contribution in [2.75, 3.05) is 13.1 Å². The predicted octanol–water partition coefficient (Wildman–Crippen LogP) is 0.451. The smallest absolute Gasteiger partial charge is 0.274 e. The SMILES string of the molecule is NC(=O)C1(O)CCCN(C(=O)c2ccn(C3CCCC3)n2)C1. The van der Waals surface area contributed by atoms with E-state index in [0.717, 1.165) is 12.8 Å². The van der Waals surface area contributed by atoms with E-state index >= 15 is 0 Å². The number of piperidine rings is 1. The summed E-state index contributed by atoms with van der Waals surface area (Å²) in [6, 6.07) is 2.09. The highest BCUT2D eigenvalue weighted by Crippen LogP contribution is 2.29. The molecule has 0 radical (unpaired) electrons. The molecule has 120 valence electrons. The van der Waals surface area contributed by atoms with E-state index in [1.54, 1.807) is 6.07 Å². The Morgan fingerprint density at radius 2 is 2.05 bits per heavy atom. The largest absolute Gasteiger partial charge is 0.378 e. The summed E-state index contributed by atoms with van der Waals surface area (Å²) in [5.41, 5.74) is 3.98. The molecule has 1 aliphatic carbocycles. The Labute approximate surface area is 129 Å². The van der Waals surface area contributed by atoms with Gasteiger partial charge in [0.05, 0.1) is 12.6 Å². The van der Waals surface area contributed by atoms with Gasteiger partial charge in [-0.05, 0) is 31.7 Å². The molecule has 0 spiro atoms. The van der Waals surface area contributed by atoms with E-state index in [-0.39, 0.29) is 12.5 Å². The number of aliphatic hydroxyl groups is 1. The van der Waals surface area contributed by atoms with Crippen LogP contribution >= 0.6 is 0 Å². The molecule has 2 amide bonds. The standard InChI is InChI=1S/C15H22N4O3/c16-14(21)15(22)7-3-8-18(10-15)13(20)12-6-9-19(17-12)11-4-1-2-5-11/h6,9,11,22H,1-5,7-8,10H2,(H2,16,21). The second kappa shape index (κ2) is 5.72. The van der Waals surface area contributed by atoms with E-state index in [1.807, 2.05) is 10.9 Å². The molecule has 2 heterocycles. The molecule has 1 aliphatic heterocycles. The van der Waals surface area contributed by atoms with Crippen LogP contribution in [0.5, 0.6) is 0 Å². The van der Waals surface area contributed by atoms with Gasteiger partial charge in [-0.2, -0.15) is 5.10 Å². The van der Waals surface area contributed by atoms with Gasteiger partial charge in [-0.25, -0.2) is 0 Å². The molecule has 2 fully saturated rings. The summed E-state index contributed by atoms with van der Waals surface area (Å²) in [4.78, 5) is 25.4. The number of hydrogen-bond donors (Lipinski definition) is 2. The average Bonchev–Trinajstić information content (AvgIpc) is 3.17. The maximum Gasteiger partial charge on any atom is 0.274 e. The first-order valence-corrected chi connectivity index (χ1v) is 7.86. The highest BCUT2D eigenvalue weighted by atomic mass is 16.3. The quantitative estimate of drug-likeness (QED) is 0.846. The van der Waals surface area contributed by atoms with Crippen molar-refractivity contribution < 1.29 is 14.7 Å². The Hall–Kier alpha value is -1.89. The van der Waals surface area contributed by atoms with Crippen molar-refractivity contribution in [3.05, 3.63) is 18.0 Å². The van der Waals surface area contributed by atoms with Crippen molar-refractivity contribution in [3.8, 4) is 0 Å². The lowest BCUT2D eigenvalue weighted by Crippen LogP contribution is -2.57. The lowest BCUT2D eigenvalue weighted by atomic mass is 9.92. The number of aromatic nitrogens is 2. The van der Waals surface area contributed by atoms with E-state index in [4.69, 9.17) is 5.73 Å². The minimum atomic E-state index is -1.62. The zero-order chi connectivity index (χ0) is 15.7. The number of primary amides is 1. The first-order chi connectivity index (χ1) is 10.5. The molecule has 1 aromatic rings. The van der Waals surface area contributed by atoms with Gasteiger partial charge in [0.15, 0.2) is 5.60 Å². The van der Waals surface area contributed by atoms with Crippen molar-refractivity contribution >= 4 is 11.8 Å². The minimum absolute atomic E-state index is 0.0581. The number of β-amino-alcohol motifs (C(OH)–C–C–N with tert-alkyl or cyclic N) is 1. The van der Waals surface area contributed by atoms with E-state index < -0.39 is 11.5 Å². The molecule has 3 rings (SSSR count). The van der Waals surface area contributed by atoms with E-state index in [2.05, 4.69) is 5.10 Å². The summed E-state index contributed by atoms with van der Waals surface area (Å²) in [7, 11) is 0. The minimum Gasteiger partial charge on any atom is -0.378 e. The summed E-state index contributed by atoms with van der Waals surface area (Å²) >= 11 is 0. The van der Waals surface area contributed by atoms with Crippen LogP contribution in [0.3, 0.4) is 0 Å². The predicted molar refractivity (Wildman–Crippen MR) is 79.0 cm³/mol. The molecular weight excluding hydrogens is 284 g/mol. The summed E-state index contributed by atoms with van der Waals surface area (Å²) in [6.07, 6.45) is 7.28. The fourth-order valence-electron chi connectivity index (χ4n) is 3.40. The summed E-state index contributed by atoms with van der Waals surface area (Å²) in [5.74, 6) is -1.03. The summed E-state index contributed by atoms with van der Waals surface area (Å²) < 4.78 is 1.87. The van der Waals surface area contributed by atoms with Gasteiger partial charge in [0, 0.05) is 12.7 Å². The molecular formula is C15H22N4O3. The van der Waals surface area contributed by atoms with E-state index in [0.29, 0.717) is 31.1 Å². The molecule has 22 heavy (non-hydrogen) atoms. The average molecular weight is 306 g/mol. The number of amides is 2. The molecule has 1 saturated carbocycles. The van der Waals surface area contributed by atoms with Crippen molar-refractivity contribution in [3.63, 3.8) is 0 Å². The van der Waals surface area contributed by atoms with Crippen LogP contribution in [-0.4, -0.2) is 50.3 Å². The third kappa shape index (κ3) is 2.72. The maximum atomic E-state index is 12.5. The second-order valence-corrected chi connectivity index (χ2v) is 6.35. The summed E-state index contributed by atoms with van der Waals surface area (Å²) in [5, 5.41) is 14.6. The van der Waals surface area contributed by atoms with Gasteiger partial charge in [0.25, 0.3) is 11.8 Å². The Morgan fingerprint density at radius 3 is 2.73 bits per heavy atom. The number of nitrogens with two attached hydrogens (primary N) is 1. The zero-order valence-electron chi connectivity index (χ0n) is 12.6. The number of carbonyl (C=O) groups is 2. The van der Waals surface area contributed by atoms with Gasteiger partial charge in [0.1, 0.15) is 5.69 Å². The monoisotopic (exact) mass is 306 g/mol. The molecule has 0 bridgehead atoms. The molecule has 2 aliphatic rings. The number of likely N-dealkylation sites (tertiary alicyclic amines) is 1. The van der Waals surface area contributed by atoms with Crippen LogP contribution in [0.2, 0.25) is 0 Å². The van der Waals surface area contributed by atoms with Gasteiger partial charge < -0.3 is 15.7 Å². The molecule has 1 saturated heterocycles. The van der Waals surface area contributed by atoms with Crippen LogP contribution in [0, 0.1) is 0 Å². The van der Waals surface area contributed by atoms with Crippen molar-refractivity contribution in [1.82, 2.24) is 14.7 Å². The fraction of sp³-hybridized carbons (Fsp3) is 0.667. The Kier molecular flexibility index (Phi) is 3.90. The molecule has 1 unspecified atom stereocenters. The lowest BCUT2D eigenvalue weighted by molar-refractivity contribution is -0.140. The molecule has 7 heteroatoms. The number of hydrogen-bond acceptors (Lipinski definition) is 4. The van der Waals surface area contributed by atoms with Gasteiger partial charge in [-0.3, -0.25) is 14.3 Å². The second-order valence-electron chi connectivity index (χ2n) is 6.35. The fourth-order valence-corrected chi connectivity index (χ4v) is 3.40. The maximum absolute atomic E-state index is 12.5. The van der Waals surface area contributed by atoms with E-state index in [1.165, 1.54) is 17.7 Å². The van der Waals surface area contributed by atoms with Crippen molar-refractivity contribution in [2.45, 2.75) is 50.2 Å². The van der Waals surface area contributed by atoms with Gasteiger partial charge in [-0.1, -0.05) is 12.8 Å². The molecule has 3 N–H and O–H groups in total. The first kappa shape index (κ1) is 15.0. The highest BCUT2D eigenvalue weighted by Gasteiger charge is 2.40.